The van der Waals surface area contributed by atoms with Crippen molar-refractivity contribution in [3.05, 3.63) is 64.8 Å². The summed E-state index contributed by atoms with van der Waals surface area (Å²) in [6.07, 6.45) is 1.15. The molecular formula is C22H23N3O2. The molecule has 1 aliphatic heterocycles. The Kier molecular flexibility index (Phi) is 4.44. The molecule has 2 aromatic carbocycles. The molecule has 0 spiro atoms. The molecule has 1 aromatic heterocycles. The van der Waals surface area contributed by atoms with Crippen LogP contribution >= 0.6 is 0 Å². The van der Waals surface area contributed by atoms with E-state index in [1.54, 1.807) is 0 Å². The molecule has 27 heavy (non-hydrogen) atoms. The second kappa shape index (κ2) is 6.91. The van der Waals surface area contributed by atoms with Gasteiger partial charge in [-0.1, -0.05) is 31.2 Å². The number of aromatic amines is 1. The number of H-pyrrole nitrogens is 1. The van der Waals surface area contributed by atoms with Crippen molar-refractivity contribution < 1.29 is 9.59 Å². The number of nitrogens with one attached hydrogen (secondary N) is 3. The van der Waals surface area contributed by atoms with Gasteiger partial charge in [-0.3, -0.25) is 9.59 Å². The first-order chi connectivity index (χ1) is 13.1. The molecule has 4 rings (SSSR count). The number of amides is 2. The molecule has 2 heterocycles. The number of hydrogen-bond donors (Lipinski definition) is 3. The lowest BCUT2D eigenvalue weighted by Crippen LogP contribution is -2.34. The summed E-state index contributed by atoms with van der Waals surface area (Å²) in [5.74, 6) is -0.679. The normalized spacial score (nSPS) is 16.1. The molecule has 0 saturated heterocycles. The van der Waals surface area contributed by atoms with Gasteiger partial charge in [0.15, 0.2) is 0 Å². The van der Waals surface area contributed by atoms with Gasteiger partial charge < -0.3 is 15.6 Å². The van der Waals surface area contributed by atoms with Gasteiger partial charge in [-0.25, -0.2) is 0 Å². The predicted octanol–water partition coefficient (Wildman–Crippen LogP) is 3.78. The highest BCUT2D eigenvalue weighted by molar-refractivity contribution is 6.01. The first-order valence-corrected chi connectivity index (χ1v) is 9.33. The Morgan fingerprint density at radius 3 is 2.85 bits per heavy atom. The van der Waals surface area contributed by atoms with E-state index in [9.17, 15) is 9.59 Å². The molecule has 0 radical (unpaired) electrons. The van der Waals surface area contributed by atoms with Gasteiger partial charge in [0.2, 0.25) is 11.8 Å². The summed E-state index contributed by atoms with van der Waals surface area (Å²) >= 11 is 0. The van der Waals surface area contributed by atoms with Crippen molar-refractivity contribution >= 4 is 28.4 Å². The highest BCUT2D eigenvalue weighted by atomic mass is 16.2. The number of carbonyl (C=O) groups excluding carboxylic acids is 2. The average Bonchev–Trinajstić information content (AvgIpc) is 3.00. The van der Waals surface area contributed by atoms with Crippen LogP contribution in [0.4, 0.5) is 5.69 Å². The van der Waals surface area contributed by atoms with Crippen LogP contribution in [0.1, 0.15) is 41.6 Å². The standard InChI is InChI=1S/C22H23N3O2/c1-3-18-13(2)16-10-14(8-9-20(16)24-18)12-23-22(27)17-11-21(26)25-19-7-5-4-6-15(17)19/h4-10,17,24H,3,11-12H2,1-2H3,(H,23,27)(H,25,26)/t17-/m0/s1. The van der Waals surface area contributed by atoms with Crippen LogP contribution in [0, 0.1) is 6.92 Å². The van der Waals surface area contributed by atoms with Crippen molar-refractivity contribution in [1.82, 2.24) is 10.3 Å². The van der Waals surface area contributed by atoms with Crippen LogP contribution in [-0.2, 0) is 22.6 Å². The smallest absolute Gasteiger partial charge is 0.228 e. The number of para-hydroxylation sites is 1. The van der Waals surface area contributed by atoms with Crippen LogP contribution in [0.25, 0.3) is 10.9 Å². The molecule has 0 unspecified atom stereocenters. The lowest BCUT2D eigenvalue weighted by molar-refractivity contribution is -0.126. The van der Waals surface area contributed by atoms with Crippen molar-refractivity contribution in [2.24, 2.45) is 0 Å². The summed E-state index contributed by atoms with van der Waals surface area (Å²) in [5, 5.41) is 7.03. The molecule has 138 valence electrons. The fourth-order valence-electron chi connectivity index (χ4n) is 3.85. The number of fused-ring (bicyclic) bond motifs is 2. The number of anilines is 1. The summed E-state index contributed by atoms with van der Waals surface area (Å²) in [4.78, 5) is 28.1. The minimum absolute atomic E-state index is 0.113. The third-order valence-corrected chi connectivity index (χ3v) is 5.36. The Hall–Kier alpha value is -3.08. The lowest BCUT2D eigenvalue weighted by atomic mass is 9.90. The minimum atomic E-state index is -0.445. The third kappa shape index (κ3) is 3.21. The summed E-state index contributed by atoms with van der Waals surface area (Å²) in [6.45, 7) is 4.70. The van der Waals surface area contributed by atoms with E-state index < -0.39 is 5.92 Å². The molecule has 1 aliphatic rings. The molecule has 0 aliphatic carbocycles. The van der Waals surface area contributed by atoms with Gasteiger partial charge in [0.25, 0.3) is 0 Å². The van der Waals surface area contributed by atoms with Crippen molar-refractivity contribution in [3.8, 4) is 0 Å². The maximum Gasteiger partial charge on any atom is 0.228 e. The van der Waals surface area contributed by atoms with Gasteiger partial charge in [0.1, 0.15) is 0 Å². The molecule has 5 heteroatoms. The maximum absolute atomic E-state index is 12.8. The summed E-state index contributed by atoms with van der Waals surface area (Å²) in [5.41, 5.74) is 6.28. The molecule has 0 saturated carbocycles. The number of carbonyl (C=O) groups is 2. The monoisotopic (exact) mass is 361 g/mol. The molecular weight excluding hydrogens is 338 g/mol. The van der Waals surface area contributed by atoms with E-state index in [1.165, 1.54) is 16.6 Å². The van der Waals surface area contributed by atoms with Gasteiger partial charge >= 0.3 is 0 Å². The Balaban J connectivity index is 1.52. The summed E-state index contributed by atoms with van der Waals surface area (Å²) in [6, 6.07) is 13.7. The Bertz CT molecular complexity index is 1040. The first kappa shape index (κ1) is 17.3. The van der Waals surface area contributed by atoms with Crippen LogP contribution in [0.5, 0.6) is 0 Å². The second-order valence-corrected chi connectivity index (χ2v) is 7.07. The molecule has 0 fully saturated rings. The predicted molar refractivity (Wildman–Crippen MR) is 107 cm³/mol. The highest BCUT2D eigenvalue weighted by Crippen LogP contribution is 2.32. The van der Waals surface area contributed by atoms with Crippen LogP contribution in [0.15, 0.2) is 42.5 Å². The topological polar surface area (TPSA) is 74.0 Å². The first-order valence-electron chi connectivity index (χ1n) is 9.33. The molecule has 1 atom stereocenters. The lowest BCUT2D eigenvalue weighted by Gasteiger charge is -2.24. The quantitative estimate of drug-likeness (QED) is 0.662. The van der Waals surface area contributed by atoms with Gasteiger partial charge in [-0.05, 0) is 48.2 Å². The van der Waals surface area contributed by atoms with Crippen molar-refractivity contribution in [1.29, 1.82) is 0 Å². The van der Waals surface area contributed by atoms with Crippen LogP contribution < -0.4 is 10.6 Å². The molecule has 2 amide bonds. The Morgan fingerprint density at radius 2 is 2.04 bits per heavy atom. The zero-order chi connectivity index (χ0) is 19.0. The van der Waals surface area contributed by atoms with E-state index in [2.05, 4.69) is 41.6 Å². The average molecular weight is 361 g/mol. The molecule has 3 N–H and O–H groups in total. The van der Waals surface area contributed by atoms with Crippen molar-refractivity contribution in [2.45, 2.75) is 39.2 Å². The SMILES string of the molecule is CCc1[nH]c2ccc(CNC(=O)[C@H]3CC(=O)Nc4ccccc43)cc2c1C. The minimum Gasteiger partial charge on any atom is -0.358 e. The second-order valence-electron chi connectivity index (χ2n) is 7.07. The van der Waals surface area contributed by atoms with Gasteiger partial charge in [-0.15, -0.1) is 0 Å². The summed E-state index contributed by atoms with van der Waals surface area (Å²) in [7, 11) is 0. The van der Waals surface area contributed by atoms with Crippen LogP contribution in [-0.4, -0.2) is 16.8 Å². The van der Waals surface area contributed by atoms with Gasteiger partial charge in [0.05, 0.1) is 5.92 Å². The van der Waals surface area contributed by atoms with Crippen molar-refractivity contribution in [3.63, 3.8) is 0 Å². The van der Waals surface area contributed by atoms with Gasteiger partial charge in [-0.2, -0.15) is 0 Å². The van der Waals surface area contributed by atoms with E-state index in [0.29, 0.717) is 6.54 Å². The Labute approximate surface area is 158 Å². The zero-order valence-electron chi connectivity index (χ0n) is 15.6. The summed E-state index contributed by atoms with van der Waals surface area (Å²) < 4.78 is 0. The van der Waals surface area contributed by atoms with E-state index in [4.69, 9.17) is 0 Å². The molecule has 5 nitrogen and oxygen atoms in total. The zero-order valence-corrected chi connectivity index (χ0v) is 15.6. The maximum atomic E-state index is 12.8. The third-order valence-electron chi connectivity index (χ3n) is 5.36. The van der Waals surface area contributed by atoms with E-state index in [1.807, 2.05) is 30.3 Å². The number of rotatable bonds is 4. The fraction of sp³-hybridized carbons (Fsp3) is 0.273. The van der Waals surface area contributed by atoms with E-state index in [0.717, 1.165) is 28.8 Å². The van der Waals surface area contributed by atoms with Crippen LogP contribution in [0.2, 0.25) is 0 Å². The van der Waals surface area contributed by atoms with Crippen LogP contribution in [0.3, 0.4) is 0 Å². The molecule has 0 bridgehead atoms. The fourth-order valence-corrected chi connectivity index (χ4v) is 3.85. The largest absolute Gasteiger partial charge is 0.358 e. The number of hydrogen-bond acceptors (Lipinski definition) is 2. The van der Waals surface area contributed by atoms with E-state index >= 15 is 0 Å². The number of aromatic nitrogens is 1. The number of benzene rings is 2. The van der Waals surface area contributed by atoms with Gasteiger partial charge in [0, 0.05) is 35.2 Å². The molecule has 3 aromatic rings. The Morgan fingerprint density at radius 1 is 1.22 bits per heavy atom. The van der Waals surface area contributed by atoms with Crippen molar-refractivity contribution in [2.75, 3.05) is 5.32 Å². The highest BCUT2D eigenvalue weighted by Gasteiger charge is 2.30. The number of aryl methyl sites for hydroxylation is 2. The van der Waals surface area contributed by atoms with E-state index in [-0.39, 0.29) is 18.2 Å².